The summed E-state index contributed by atoms with van der Waals surface area (Å²) >= 11 is 0. The second kappa shape index (κ2) is 9.20. The molecule has 6 heteroatoms. The number of nitrogens with one attached hydrogen (secondary N) is 3. The summed E-state index contributed by atoms with van der Waals surface area (Å²) in [6, 6.07) is 7.11. The van der Waals surface area contributed by atoms with Gasteiger partial charge in [-0.15, -0.1) is 0 Å². The van der Waals surface area contributed by atoms with E-state index in [9.17, 15) is 9.90 Å². The van der Waals surface area contributed by atoms with Crippen LogP contribution in [-0.2, 0) is 0 Å². The van der Waals surface area contributed by atoms with Crippen molar-refractivity contribution in [3.8, 4) is 5.75 Å². The number of amides is 2. The molecule has 1 aromatic rings. The van der Waals surface area contributed by atoms with Gasteiger partial charge in [0.15, 0.2) is 0 Å². The zero-order valence-electron chi connectivity index (χ0n) is 12.8. The van der Waals surface area contributed by atoms with Crippen LogP contribution in [-0.4, -0.2) is 43.0 Å². The summed E-state index contributed by atoms with van der Waals surface area (Å²) in [7, 11) is 0. The lowest BCUT2D eigenvalue weighted by Gasteiger charge is -2.15. The number of rotatable bonds is 8. The van der Waals surface area contributed by atoms with Crippen LogP contribution < -0.4 is 20.7 Å². The monoisotopic (exact) mass is 295 g/mol. The van der Waals surface area contributed by atoms with Gasteiger partial charge in [-0.1, -0.05) is 13.8 Å². The van der Waals surface area contributed by atoms with E-state index in [4.69, 9.17) is 4.74 Å². The van der Waals surface area contributed by atoms with Crippen molar-refractivity contribution in [2.75, 3.05) is 25.0 Å². The highest BCUT2D eigenvalue weighted by atomic mass is 16.5. The maximum atomic E-state index is 11.3. The van der Waals surface area contributed by atoms with Crippen LogP contribution in [0.15, 0.2) is 24.3 Å². The van der Waals surface area contributed by atoms with Crippen LogP contribution in [0.25, 0.3) is 0 Å². The molecular weight excluding hydrogens is 270 g/mol. The van der Waals surface area contributed by atoms with Gasteiger partial charge >= 0.3 is 6.03 Å². The molecule has 0 radical (unpaired) electrons. The minimum Gasteiger partial charge on any atom is -0.491 e. The summed E-state index contributed by atoms with van der Waals surface area (Å²) in [4.78, 5) is 11.3. The second-order valence-corrected chi connectivity index (χ2v) is 5.04. The number of hydrogen-bond donors (Lipinski definition) is 4. The molecule has 0 saturated carbocycles. The minimum absolute atomic E-state index is 0.225. The minimum atomic E-state index is -0.555. The molecular formula is C15H25N3O3. The molecule has 2 amide bonds. The molecule has 118 valence electrons. The van der Waals surface area contributed by atoms with E-state index >= 15 is 0 Å². The maximum Gasteiger partial charge on any atom is 0.319 e. The van der Waals surface area contributed by atoms with Gasteiger partial charge in [-0.2, -0.15) is 0 Å². The Hall–Kier alpha value is -1.79. The molecule has 1 atom stereocenters. The number of carbonyl (C=O) groups is 1. The van der Waals surface area contributed by atoms with E-state index in [2.05, 4.69) is 16.0 Å². The lowest BCUT2D eigenvalue weighted by Crippen LogP contribution is -2.35. The SMILES string of the molecule is CCNC(=O)Nc1ccc(OC[C@@H](O)CNC(C)C)cc1. The number of aliphatic hydroxyl groups is 1. The van der Waals surface area contributed by atoms with E-state index in [0.717, 1.165) is 0 Å². The Bertz CT molecular complexity index is 421. The van der Waals surface area contributed by atoms with Gasteiger partial charge in [0.2, 0.25) is 0 Å². The van der Waals surface area contributed by atoms with Crippen LogP contribution in [0.4, 0.5) is 10.5 Å². The van der Waals surface area contributed by atoms with Crippen LogP contribution in [0.1, 0.15) is 20.8 Å². The first kappa shape index (κ1) is 17.3. The third-order valence-electron chi connectivity index (χ3n) is 2.65. The predicted molar refractivity (Wildman–Crippen MR) is 83.8 cm³/mol. The van der Waals surface area contributed by atoms with Gasteiger partial charge in [0, 0.05) is 24.8 Å². The molecule has 0 aliphatic heterocycles. The Morgan fingerprint density at radius 1 is 1.29 bits per heavy atom. The molecule has 0 saturated heterocycles. The molecule has 0 aliphatic carbocycles. The zero-order chi connectivity index (χ0) is 15.7. The lowest BCUT2D eigenvalue weighted by molar-refractivity contribution is 0.104. The maximum absolute atomic E-state index is 11.3. The zero-order valence-corrected chi connectivity index (χ0v) is 12.8. The van der Waals surface area contributed by atoms with E-state index < -0.39 is 6.10 Å². The number of hydrogen-bond acceptors (Lipinski definition) is 4. The van der Waals surface area contributed by atoms with Crippen molar-refractivity contribution in [1.82, 2.24) is 10.6 Å². The molecule has 1 rings (SSSR count). The number of aliphatic hydroxyl groups excluding tert-OH is 1. The molecule has 0 aromatic heterocycles. The van der Waals surface area contributed by atoms with Crippen LogP contribution in [0.3, 0.4) is 0 Å². The Labute approximate surface area is 125 Å². The van der Waals surface area contributed by atoms with Crippen molar-refractivity contribution in [2.45, 2.75) is 32.9 Å². The molecule has 0 heterocycles. The smallest absolute Gasteiger partial charge is 0.319 e. The molecule has 1 aromatic carbocycles. The van der Waals surface area contributed by atoms with E-state index in [1.807, 2.05) is 20.8 Å². The van der Waals surface area contributed by atoms with Crippen LogP contribution >= 0.6 is 0 Å². The number of urea groups is 1. The third-order valence-corrected chi connectivity index (χ3v) is 2.65. The fourth-order valence-electron chi connectivity index (χ4n) is 1.59. The highest BCUT2D eigenvalue weighted by Gasteiger charge is 2.06. The van der Waals surface area contributed by atoms with Crippen molar-refractivity contribution in [3.63, 3.8) is 0 Å². The topological polar surface area (TPSA) is 82.6 Å². The first-order chi connectivity index (χ1) is 10.0. The normalized spacial score (nSPS) is 12.0. The first-order valence-corrected chi connectivity index (χ1v) is 7.20. The largest absolute Gasteiger partial charge is 0.491 e. The Balaban J connectivity index is 2.35. The van der Waals surface area contributed by atoms with E-state index in [-0.39, 0.29) is 12.6 Å². The van der Waals surface area contributed by atoms with Gasteiger partial charge in [0.1, 0.15) is 18.5 Å². The van der Waals surface area contributed by atoms with E-state index in [0.29, 0.717) is 30.6 Å². The summed E-state index contributed by atoms with van der Waals surface area (Å²) in [6.07, 6.45) is -0.555. The molecule has 21 heavy (non-hydrogen) atoms. The average Bonchev–Trinajstić information content (AvgIpc) is 2.44. The fourth-order valence-corrected chi connectivity index (χ4v) is 1.59. The summed E-state index contributed by atoms with van der Waals surface area (Å²) in [5, 5.41) is 18.2. The lowest BCUT2D eigenvalue weighted by atomic mass is 10.3. The summed E-state index contributed by atoms with van der Waals surface area (Å²) in [5.74, 6) is 0.653. The molecule has 0 unspecified atom stereocenters. The molecule has 4 N–H and O–H groups in total. The molecule has 0 bridgehead atoms. The predicted octanol–water partition coefficient (Wildman–Crippen LogP) is 1.57. The molecule has 0 fully saturated rings. The molecule has 0 aliphatic rings. The van der Waals surface area contributed by atoms with Gasteiger partial charge in [-0.3, -0.25) is 0 Å². The van der Waals surface area contributed by atoms with Crippen molar-refractivity contribution in [1.29, 1.82) is 0 Å². The van der Waals surface area contributed by atoms with Crippen molar-refractivity contribution in [2.24, 2.45) is 0 Å². The van der Waals surface area contributed by atoms with Gasteiger partial charge in [-0.05, 0) is 31.2 Å². The first-order valence-electron chi connectivity index (χ1n) is 7.20. The highest BCUT2D eigenvalue weighted by Crippen LogP contribution is 2.15. The molecule has 6 nitrogen and oxygen atoms in total. The molecule has 0 spiro atoms. The highest BCUT2D eigenvalue weighted by molar-refractivity contribution is 5.89. The van der Waals surface area contributed by atoms with E-state index in [1.165, 1.54) is 0 Å². The van der Waals surface area contributed by atoms with Gasteiger partial charge in [0.25, 0.3) is 0 Å². The second-order valence-electron chi connectivity index (χ2n) is 5.04. The van der Waals surface area contributed by atoms with Crippen LogP contribution in [0.5, 0.6) is 5.75 Å². The Morgan fingerprint density at radius 2 is 1.95 bits per heavy atom. The summed E-state index contributed by atoms with van der Waals surface area (Å²) in [5.41, 5.74) is 0.690. The van der Waals surface area contributed by atoms with Crippen LogP contribution in [0.2, 0.25) is 0 Å². The number of carbonyl (C=O) groups excluding carboxylic acids is 1. The summed E-state index contributed by atoms with van der Waals surface area (Å²) < 4.78 is 5.49. The Morgan fingerprint density at radius 3 is 2.52 bits per heavy atom. The average molecular weight is 295 g/mol. The standard InChI is InChI=1S/C15H25N3O3/c1-4-16-15(20)18-12-5-7-14(8-6-12)21-10-13(19)9-17-11(2)3/h5-8,11,13,17,19H,4,9-10H2,1-3H3,(H2,16,18,20)/t13-/m0/s1. The van der Waals surface area contributed by atoms with Gasteiger partial charge in [-0.25, -0.2) is 4.79 Å². The van der Waals surface area contributed by atoms with Gasteiger partial charge in [0.05, 0.1) is 0 Å². The number of benzene rings is 1. The summed E-state index contributed by atoms with van der Waals surface area (Å²) in [6.45, 7) is 7.20. The Kier molecular flexibility index (Phi) is 7.56. The fraction of sp³-hybridized carbons (Fsp3) is 0.533. The third kappa shape index (κ3) is 7.53. The van der Waals surface area contributed by atoms with Crippen LogP contribution in [0, 0.1) is 0 Å². The number of ether oxygens (including phenoxy) is 1. The number of anilines is 1. The van der Waals surface area contributed by atoms with Crippen molar-refractivity contribution < 1.29 is 14.6 Å². The van der Waals surface area contributed by atoms with E-state index in [1.54, 1.807) is 24.3 Å². The van der Waals surface area contributed by atoms with Crippen molar-refractivity contribution in [3.05, 3.63) is 24.3 Å². The quantitative estimate of drug-likeness (QED) is 0.586. The van der Waals surface area contributed by atoms with Gasteiger partial charge < -0.3 is 25.8 Å². The van der Waals surface area contributed by atoms with Crippen molar-refractivity contribution >= 4 is 11.7 Å².